The average Bonchev–Trinajstić information content (AvgIpc) is 3.16. The number of nitrogens with one attached hydrogen (secondary N) is 1. The lowest BCUT2D eigenvalue weighted by Gasteiger charge is -2.31. The first-order valence-electron chi connectivity index (χ1n) is 14.8. The maximum Gasteiger partial charge on any atom is 0.263 e. The molecule has 2 aromatic rings. The van der Waals surface area contributed by atoms with Gasteiger partial charge in [0.1, 0.15) is 17.1 Å². The summed E-state index contributed by atoms with van der Waals surface area (Å²) in [5, 5.41) is 1.35. The third kappa shape index (κ3) is 8.75. The Morgan fingerprint density at radius 3 is 2.77 bits per heavy atom. The Hall–Kier alpha value is -2.11. The number of halogens is 2. The maximum atomic E-state index is 13.4. The summed E-state index contributed by atoms with van der Waals surface area (Å²) in [6, 6.07) is 11.2. The SMILES string of the molecule is CCOc1cc(Cl)ccc1C1COc2ccc3cc2N(CCC(CC)C(OCCBr)/C=C/COC(C)(C)C(=O)NS3=O)C1. The molecule has 0 aliphatic carbocycles. The summed E-state index contributed by atoms with van der Waals surface area (Å²) in [5.74, 6) is 1.21. The standard InChI is InChI=1S/C32H42BrClN2O6S/c1-5-22-13-15-36-20-23(26-11-9-24(34)18-30(26)39-6-2)21-41-29-12-10-25(19-27(29)36)43(38)35-31(37)32(3,4)42-16-7-8-28(22)40-17-14-33/h7-12,18-19,22-23,28H,5-6,13-17,20-21H2,1-4H3,(H,35,37)/b8-7+. The molecule has 1 N–H and O–H groups in total. The van der Waals surface area contributed by atoms with E-state index in [1.807, 2.05) is 49.4 Å². The third-order valence-electron chi connectivity index (χ3n) is 7.83. The highest BCUT2D eigenvalue weighted by Crippen LogP contribution is 2.39. The van der Waals surface area contributed by atoms with Crippen LogP contribution >= 0.6 is 27.5 Å². The quantitative estimate of drug-likeness (QED) is 0.264. The third-order valence-corrected chi connectivity index (χ3v) is 9.44. The van der Waals surface area contributed by atoms with Crippen LogP contribution in [0.4, 0.5) is 5.69 Å². The van der Waals surface area contributed by atoms with Crippen LogP contribution in [0.3, 0.4) is 0 Å². The highest BCUT2D eigenvalue weighted by molar-refractivity contribution is 9.09. The van der Waals surface area contributed by atoms with E-state index in [2.05, 4.69) is 32.5 Å². The molecule has 2 bridgehead atoms. The molecule has 8 nitrogen and oxygen atoms in total. The monoisotopic (exact) mass is 696 g/mol. The van der Waals surface area contributed by atoms with Crippen molar-refractivity contribution >= 4 is 50.1 Å². The summed E-state index contributed by atoms with van der Waals surface area (Å²) in [4.78, 5) is 15.8. The predicted molar refractivity (Wildman–Crippen MR) is 175 cm³/mol. The highest BCUT2D eigenvalue weighted by Gasteiger charge is 2.32. The van der Waals surface area contributed by atoms with Crippen molar-refractivity contribution in [2.45, 2.75) is 63.1 Å². The van der Waals surface area contributed by atoms with E-state index in [0.717, 1.165) is 41.7 Å². The molecule has 4 rings (SSSR count). The highest BCUT2D eigenvalue weighted by atomic mass is 79.9. The topological polar surface area (TPSA) is 86.3 Å². The number of benzene rings is 2. The number of anilines is 1. The van der Waals surface area contributed by atoms with Gasteiger partial charge in [-0.05, 0) is 63.4 Å². The molecule has 2 aliphatic heterocycles. The summed E-state index contributed by atoms with van der Waals surface area (Å²) in [7, 11) is -1.79. The second kappa shape index (κ2) is 15.8. The molecule has 0 saturated heterocycles. The van der Waals surface area contributed by atoms with Gasteiger partial charge in [0.15, 0.2) is 11.0 Å². The van der Waals surface area contributed by atoms with Crippen molar-refractivity contribution in [3.8, 4) is 11.5 Å². The summed E-state index contributed by atoms with van der Waals surface area (Å²) >= 11 is 9.81. The second-order valence-corrected chi connectivity index (χ2v) is 13.6. The average molecular weight is 698 g/mol. The van der Waals surface area contributed by atoms with Crippen molar-refractivity contribution in [2.75, 3.05) is 49.7 Å². The van der Waals surface area contributed by atoms with E-state index in [-0.39, 0.29) is 24.5 Å². The molecule has 2 aliphatic rings. The van der Waals surface area contributed by atoms with Gasteiger partial charge in [0.25, 0.3) is 5.91 Å². The zero-order valence-corrected chi connectivity index (χ0v) is 28.4. The molecule has 0 spiro atoms. The first kappa shape index (κ1) is 33.8. The minimum atomic E-state index is -1.79. The van der Waals surface area contributed by atoms with Crippen LogP contribution in [0.2, 0.25) is 5.02 Å². The van der Waals surface area contributed by atoms with Gasteiger partial charge >= 0.3 is 0 Å². The van der Waals surface area contributed by atoms with Crippen LogP contribution in [0, 0.1) is 5.92 Å². The molecular weight excluding hydrogens is 656 g/mol. The number of carbonyl (C=O) groups excluding carboxylic acids is 1. The number of rotatable bonds is 7. The van der Waals surface area contributed by atoms with Gasteiger partial charge < -0.3 is 23.8 Å². The van der Waals surface area contributed by atoms with Crippen LogP contribution in [-0.4, -0.2) is 66.7 Å². The molecule has 2 heterocycles. The lowest BCUT2D eigenvalue weighted by Crippen LogP contribution is -2.45. The smallest absolute Gasteiger partial charge is 0.263 e. The Morgan fingerprint density at radius 2 is 2.02 bits per heavy atom. The van der Waals surface area contributed by atoms with E-state index in [0.29, 0.717) is 42.0 Å². The van der Waals surface area contributed by atoms with Crippen LogP contribution in [0.15, 0.2) is 53.4 Å². The Balaban J connectivity index is 1.74. The lowest BCUT2D eigenvalue weighted by atomic mass is 9.93. The summed E-state index contributed by atoms with van der Waals surface area (Å²) in [6.45, 7) is 10.6. The van der Waals surface area contributed by atoms with E-state index in [9.17, 15) is 9.00 Å². The lowest BCUT2D eigenvalue weighted by molar-refractivity contribution is -0.139. The summed E-state index contributed by atoms with van der Waals surface area (Å²) in [5.41, 5.74) is 0.677. The van der Waals surface area contributed by atoms with Crippen molar-refractivity contribution in [2.24, 2.45) is 5.92 Å². The number of hydrogen-bond acceptors (Lipinski definition) is 7. The maximum absolute atomic E-state index is 13.4. The van der Waals surface area contributed by atoms with E-state index >= 15 is 0 Å². The normalized spacial score (nSPS) is 25.3. The van der Waals surface area contributed by atoms with Gasteiger partial charge in [0, 0.05) is 34.9 Å². The molecule has 2 aromatic carbocycles. The first-order chi connectivity index (χ1) is 20.7. The molecular formula is C32H42BrClN2O6S. The molecule has 0 fully saturated rings. The Kier molecular flexibility index (Phi) is 12.4. The van der Waals surface area contributed by atoms with Crippen LogP contribution in [0.5, 0.6) is 11.5 Å². The van der Waals surface area contributed by atoms with Crippen molar-refractivity contribution in [1.29, 1.82) is 0 Å². The van der Waals surface area contributed by atoms with Crippen LogP contribution in [0.1, 0.15) is 52.0 Å². The van der Waals surface area contributed by atoms with Crippen LogP contribution in [0.25, 0.3) is 0 Å². The molecule has 0 saturated carbocycles. The zero-order chi connectivity index (χ0) is 31.0. The molecule has 1 amide bonds. The first-order valence-corrected chi connectivity index (χ1v) is 17.5. The number of fused-ring (bicyclic) bond motifs is 1. The summed E-state index contributed by atoms with van der Waals surface area (Å²) in [6.07, 6.45) is 5.61. The van der Waals surface area contributed by atoms with Gasteiger partial charge in [-0.3, -0.25) is 9.52 Å². The van der Waals surface area contributed by atoms with Gasteiger partial charge in [-0.15, -0.1) is 0 Å². The zero-order valence-electron chi connectivity index (χ0n) is 25.3. The Morgan fingerprint density at radius 1 is 1.21 bits per heavy atom. The fourth-order valence-corrected chi connectivity index (χ4v) is 6.64. The van der Waals surface area contributed by atoms with E-state index in [1.165, 1.54) is 0 Å². The van der Waals surface area contributed by atoms with Crippen molar-refractivity contribution in [3.63, 3.8) is 0 Å². The van der Waals surface area contributed by atoms with Gasteiger partial charge in [-0.1, -0.05) is 59.1 Å². The van der Waals surface area contributed by atoms with Crippen molar-refractivity contribution < 1.29 is 28.0 Å². The van der Waals surface area contributed by atoms with Crippen molar-refractivity contribution in [3.05, 3.63) is 59.1 Å². The van der Waals surface area contributed by atoms with Crippen LogP contribution in [-0.2, 0) is 25.3 Å². The number of alkyl halides is 1. The fourth-order valence-electron chi connectivity index (χ4n) is 5.34. The molecule has 11 heteroatoms. The summed E-state index contributed by atoms with van der Waals surface area (Å²) < 4.78 is 40.5. The minimum Gasteiger partial charge on any atom is -0.494 e. The predicted octanol–water partition coefficient (Wildman–Crippen LogP) is 6.42. The number of carbonyl (C=O) groups is 1. The largest absolute Gasteiger partial charge is 0.494 e. The fraction of sp³-hybridized carbons (Fsp3) is 0.531. The van der Waals surface area contributed by atoms with E-state index in [1.54, 1.807) is 19.9 Å². The number of amides is 1. The van der Waals surface area contributed by atoms with Crippen LogP contribution < -0.4 is 19.1 Å². The molecule has 0 aromatic heterocycles. The number of hydrogen-bond donors (Lipinski definition) is 1. The molecule has 4 atom stereocenters. The van der Waals surface area contributed by atoms with Gasteiger partial charge in [0.05, 0.1) is 43.1 Å². The number of nitrogens with zero attached hydrogens (tertiary/aromatic N) is 1. The Labute approximate surface area is 271 Å². The van der Waals surface area contributed by atoms with Gasteiger partial charge in [-0.2, -0.15) is 0 Å². The number of ether oxygens (including phenoxy) is 4. The van der Waals surface area contributed by atoms with E-state index < -0.39 is 22.5 Å². The van der Waals surface area contributed by atoms with Gasteiger partial charge in [-0.25, -0.2) is 4.21 Å². The minimum absolute atomic E-state index is 0.0103. The molecule has 236 valence electrons. The van der Waals surface area contributed by atoms with Crippen molar-refractivity contribution in [1.82, 2.24) is 4.72 Å². The molecule has 0 radical (unpaired) electrons. The van der Waals surface area contributed by atoms with Gasteiger partial charge in [0.2, 0.25) is 0 Å². The second-order valence-electron chi connectivity index (χ2n) is 11.1. The molecule has 43 heavy (non-hydrogen) atoms. The Bertz CT molecular complexity index is 1310. The van der Waals surface area contributed by atoms with E-state index in [4.69, 9.17) is 30.5 Å². The molecule has 4 unspecified atom stereocenters.